The van der Waals surface area contributed by atoms with Crippen LogP contribution in [0, 0.1) is 0 Å². The molecule has 92 valence electrons. The van der Waals surface area contributed by atoms with E-state index < -0.39 is 0 Å². The Bertz CT molecular complexity index is 413. The zero-order valence-corrected chi connectivity index (χ0v) is 10.6. The number of rotatable bonds is 2. The molecule has 1 heterocycles. The first-order chi connectivity index (χ1) is 8.00. The summed E-state index contributed by atoms with van der Waals surface area (Å²) in [6.07, 6.45) is 0.441. The third kappa shape index (κ3) is 2.13. The monoisotopic (exact) mass is 233 g/mol. The highest BCUT2D eigenvalue weighted by atomic mass is 16.2. The molecule has 1 aliphatic heterocycles. The summed E-state index contributed by atoms with van der Waals surface area (Å²) in [5.74, 6) is 0.124. The third-order valence-corrected chi connectivity index (χ3v) is 3.38. The topological polar surface area (TPSA) is 49.6 Å². The maximum atomic E-state index is 11.6. The highest BCUT2D eigenvalue weighted by Crippen LogP contribution is 2.31. The average Bonchev–Trinajstić information content (AvgIpc) is 2.53. The molecule has 1 aromatic carbocycles. The van der Waals surface area contributed by atoms with E-state index in [0.717, 1.165) is 11.3 Å². The van der Waals surface area contributed by atoms with Crippen molar-refractivity contribution in [2.45, 2.75) is 18.5 Å². The Morgan fingerprint density at radius 3 is 2.29 bits per heavy atom. The molecule has 0 saturated carbocycles. The highest BCUT2D eigenvalue weighted by Gasteiger charge is 2.35. The fourth-order valence-corrected chi connectivity index (χ4v) is 2.34. The SMILES string of the molecule is CN(C)c1ccc([C@H]2[C@H](N)CC(=O)N2C)cc1. The van der Waals surface area contributed by atoms with Gasteiger partial charge < -0.3 is 15.5 Å². The number of amides is 1. The summed E-state index contributed by atoms with van der Waals surface area (Å²) in [4.78, 5) is 15.4. The van der Waals surface area contributed by atoms with Crippen molar-refractivity contribution >= 4 is 11.6 Å². The van der Waals surface area contributed by atoms with Crippen molar-refractivity contribution in [2.24, 2.45) is 5.73 Å². The largest absolute Gasteiger partial charge is 0.378 e. The van der Waals surface area contributed by atoms with Crippen LogP contribution in [0.1, 0.15) is 18.0 Å². The van der Waals surface area contributed by atoms with Gasteiger partial charge in [-0.2, -0.15) is 0 Å². The van der Waals surface area contributed by atoms with Crippen LogP contribution < -0.4 is 10.6 Å². The maximum absolute atomic E-state index is 11.6. The number of hydrogen-bond donors (Lipinski definition) is 1. The molecule has 1 aliphatic rings. The van der Waals surface area contributed by atoms with Gasteiger partial charge in [-0.05, 0) is 17.7 Å². The molecular weight excluding hydrogens is 214 g/mol. The number of nitrogens with zero attached hydrogens (tertiary/aromatic N) is 2. The van der Waals surface area contributed by atoms with Crippen LogP contribution in [-0.2, 0) is 4.79 Å². The van der Waals surface area contributed by atoms with E-state index in [1.165, 1.54) is 0 Å². The molecule has 0 bridgehead atoms. The van der Waals surface area contributed by atoms with Crippen molar-refractivity contribution in [3.8, 4) is 0 Å². The van der Waals surface area contributed by atoms with Crippen LogP contribution in [0.2, 0.25) is 0 Å². The van der Waals surface area contributed by atoms with E-state index in [1.54, 1.807) is 4.90 Å². The maximum Gasteiger partial charge on any atom is 0.224 e. The fourth-order valence-electron chi connectivity index (χ4n) is 2.34. The first-order valence-corrected chi connectivity index (χ1v) is 5.79. The molecule has 0 unspecified atom stereocenters. The smallest absolute Gasteiger partial charge is 0.224 e. The van der Waals surface area contributed by atoms with Gasteiger partial charge in [0.15, 0.2) is 0 Å². The molecule has 4 nitrogen and oxygen atoms in total. The first kappa shape index (κ1) is 11.9. The molecule has 1 amide bonds. The standard InChI is InChI=1S/C13H19N3O/c1-15(2)10-6-4-9(5-7-10)13-11(14)8-12(17)16(13)3/h4-7,11,13H,8,14H2,1-3H3/t11-,13+/m1/s1. The van der Waals surface area contributed by atoms with E-state index in [2.05, 4.69) is 24.3 Å². The second-order valence-corrected chi connectivity index (χ2v) is 4.80. The van der Waals surface area contributed by atoms with Gasteiger partial charge in [0.2, 0.25) is 5.91 Å². The van der Waals surface area contributed by atoms with Gasteiger partial charge in [0.05, 0.1) is 6.04 Å². The third-order valence-electron chi connectivity index (χ3n) is 3.38. The zero-order chi connectivity index (χ0) is 12.6. The molecule has 0 aromatic heterocycles. The highest BCUT2D eigenvalue weighted by molar-refractivity contribution is 5.80. The summed E-state index contributed by atoms with van der Waals surface area (Å²) >= 11 is 0. The molecule has 1 saturated heterocycles. The van der Waals surface area contributed by atoms with Gasteiger partial charge in [0, 0.05) is 39.3 Å². The Morgan fingerprint density at radius 2 is 1.88 bits per heavy atom. The lowest BCUT2D eigenvalue weighted by Gasteiger charge is -2.24. The van der Waals surface area contributed by atoms with Gasteiger partial charge in [-0.3, -0.25) is 4.79 Å². The van der Waals surface area contributed by atoms with Gasteiger partial charge in [-0.1, -0.05) is 12.1 Å². The Labute approximate surface area is 102 Å². The molecule has 2 atom stereocenters. The lowest BCUT2D eigenvalue weighted by atomic mass is 10.0. The minimum atomic E-state index is -0.0993. The van der Waals surface area contributed by atoms with Crippen LogP contribution in [0.4, 0.5) is 5.69 Å². The van der Waals surface area contributed by atoms with Gasteiger partial charge in [0.25, 0.3) is 0 Å². The molecular formula is C13H19N3O. The lowest BCUT2D eigenvalue weighted by Crippen LogP contribution is -2.30. The van der Waals surface area contributed by atoms with Crippen molar-refractivity contribution in [1.82, 2.24) is 4.90 Å². The van der Waals surface area contributed by atoms with E-state index in [4.69, 9.17) is 5.73 Å². The first-order valence-electron chi connectivity index (χ1n) is 5.79. The minimum absolute atomic E-state index is 0.0127. The molecule has 2 N–H and O–H groups in total. The van der Waals surface area contributed by atoms with E-state index in [-0.39, 0.29) is 18.0 Å². The second kappa shape index (κ2) is 4.37. The van der Waals surface area contributed by atoms with Crippen LogP contribution >= 0.6 is 0 Å². The van der Waals surface area contributed by atoms with E-state index in [1.807, 2.05) is 26.0 Å². The Kier molecular flexibility index (Phi) is 3.07. The van der Waals surface area contributed by atoms with Crippen molar-refractivity contribution in [3.05, 3.63) is 29.8 Å². The van der Waals surface area contributed by atoms with Crippen molar-refractivity contribution in [3.63, 3.8) is 0 Å². The Hall–Kier alpha value is -1.55. The van der Waals surface area contributed by atoms with E-state index in [9.17, 15) is 4.79 Å². The van der Waals surface area contributed by atoms with Crippen LogP contribution in [0.15, 0.2) is 24.3 Å². The molecule has 1 aromatic rings. The quantitative estimate of drug-likeness (QED) is 0.828. The second-order valence-electron chi connectivity index (χ2n) is 4.80. The number of anilines is 1. The number of benzene rings is 1. The lowest BCUT2D eigenvalue weighted by molar-refractivity contribution is -0.127. The van der Waals surface area contributed by atoms with Crippen LogP contribution in [0.25, 0.3) is 0 Å². The van der Waals surface area contributed by atoms with Gasteiger partial charge >= 0.3 is 0 Å². The molecule has 0 radical (unpaired) electrons. The van der Waals surface area contributed by atoms with Crippen LogP contribution in [0.3, 0.4) is 0 Å². The Balaban J connectivity index is 2.25. The molecule has 2 rings (SSSR count). The molecule has 4 heteroatoms. The number of carbonyl (C=O) groups is 1. The number of likely N-dealkylation sites (tertiary alicyclic amines) is 1. The minimum Gasteiger partial charge on any atom is -0.378 e. The summed E-state index contributed by atoms with van der Waals surface area (Å²) < 4.78 is 0. The molecule has 0 aliphatic carbocycles. The predicted octanol–water partition coefficient (Wildman–Crippen LogP) is 0.983. The molecule has 17 heavy (non-hydrogen) atoms. The van der Waals surface area contributed by atoms with Crippen LogP contribution in [-0.4, -0.2) is 38.0 Å². The van der Waals surface area contributed by atoms with E-state index in [0.29, 0.717) is 6.42 Å². The zero-order valence-electron chi connectivity index (χ0n) is 10.6. The summed E-state index contributed by atoms with van der Waals surface area (Å²) in [5, 5.41) is 0. The summed E-state index contributed by atoms with van der Waals surface area (Å²) in [6, 6.07) is 8.12. The van der Waals surface area contributed by atoms with Gasteiger partial charge in [-0.25, -0.2) is 0 Å². The fraction of sp³-hybridized carbons (Fsp3) is 0.462. The normalized spacial score (nSPS) is 24.2. The average molecular weight is 233 g/mol. The number of nitrogens with two attached hydrogens (primary N) is 1. The summed E-state index contributed by atoms with van der Waals surface area (Å²) in [7, 11) is 5.83. The number of carbonyl (C=O) groups excluding carboxylic acids is 1. The number of likely N-dealkylation sites (N-methyl/N-ethyl adjacent to an activating group) is 1. The van der Waals surface area contributed by atoms with Crippen molar-refractivity contribution < 1.29 is 4.79 Å². The van der Waals surface area contributed by atoms with Crippen molar-refractivity contribution in [1.29, 1.82) is 0 Å². The summed E-state index contributed by atoms with van der Waals surface area (Å²) in [6.45, 7) is 0. The van der Waals surface area contributed by atoms with Gasteiger partial charge in [0.1, 0.15) is 0 Å². The molecule has 0 spiro atoms. The Morgan fingerprint density at radius 1 is 1.29 bits per heavy atom. The summed E-state index contributed by atoms with van der Waals surface area (Å²) in [5.41, 5.74) is 8.27. The van der Waals surface area contributed by atoms with E-state index >= 15 is 0 Å². The van der Waals surface area contributed by atoms with Crippen molar-refractivity contribution in [2.75, 3.05) is 26.0 Å². The number of hydrogen-bond acceptors (Lipinski definition) is 3. The van der Waals surface area contributed by atoms with Crippen LogP contribution in [0.5, 0.6) is 0 Å². The van der Waals surface area contributed by atoms with Gasteiger partial charge in [-0.15, -0.1) is 0 Å². The predicted molar refractivity (Wildman–Crippen MR) is 68.9 cm³/mol. The molecule has 1 fully saturated rings.